The van der Waals surface area contributed by atoms with E-state index in [9.17, 15) is 4.79 Å². The first-order valence-corrected chi connectivity index (χ1v) is 12.1. The van der Waals surface area contributed by atoms with Gasteiger partial charge in [-0.1, -0.05) is 36.4 Å². The summed E-state index contributed by atoms with van der Waals surface area (Å²) >= 11 is 0. The number of likely N-dealkylation sites (tertiary alicyclic amines) is 1. The van der Waals surface area contributed by atoms with E-state index in [4.69, 9.17) is 20.2 Å². The first kappa shape index (κ1) is 23.7. The van der Waals surface area contributed by atoms with Crippen molar-refractivity contribution >= 4 is 6.09 Å². The van der Waals surface area contributed by atoms with Crippen LogP contribution in [0.15, 0.2) is 48.7 Å². The maximum Gasteiger partial charge on any atom is 0.410 e. The summed E-state index contributed by atoms with van der Waals surface area (Å²) in [4.78, 5) is 22.0. The van der Waals surface area contributed by atoms with Crippen LogP contribution in [0.25, 0.3) is 0 Å². The third kappa shape index (κ3) is 6.10. The number of nitrogens with zero attached hydrogens (tertiary/aromatic N) is 3. The maximum absolute atomic E-state index is 13.1. The highest BCUT2D eigenvalue weighted by Crippen LogP contribution is 2.33. The SMILES string of the molecule is CN(C[C@@H]1C[C@@H](OCCCN)CN1C(=O)OCc1ccccc1)[C@H]1CCCc2cccnc21. The monoisotopic (exact) mass is 452 g/mol. The highest BCUT2D eigenvalue weighted by Gasteiger charge is 2.38. The summed E-state index contributed by atoms with van der Waals surface area (Å²) in [6.07, 6.45) is 6.58. The number of amides is 1. The number of hydrogen-bond acceptors (Lipinski definition) is 6. The molecule has 2 N–H and O–H groups in total. The Balaban J connectivity index is 1.42. The molecule has 2 aromatic rings. The Labute approximate surface area is 196 Å². The van der Waals surface area contributed by atoms with Gasteiger partial charge in [-0.05, 0) is 62.9 Å². The van der Waals surface area contributed by atoms with Crippen LogP contribution >= 0.6 is 0 Å². The average Bonchev–Trinajstić information content (AvgIpc) is 3.25. The zero-order valence-electron chi connectivity index (χ0n) is 19.6. The summed E-state index contributed by atoms with van der Waals surface area (Å²) in [5.41, 5.74) is 9.13. The van der Waals surface area contributed by atoms with Crippen molar-refractivity contribution in [2.24, 2.45) is 5.73 Å². The Morgan fingerprint density at radius 1 is 1.24 bits per heavy atom. The van der Waals surface area contributed by atoms with Crippen LogP contribution in [0, 0.1) is 0 Å². The molecule has 0 radical (unpaired) electrons. The van der Waals surface area contributed by atoms with Gasteiger partial charge in [-0.3, -0.25) is 9.88 Å². The number of likely N-dealkylation sites (N-methyl/N-ethyl adjacent to an activating group) is 1. The lowest BCUT2D eigenvalue weighted by molar-refractivity contribution is 0.0529. The number of ether oxygens (including phenoxy) is 2. The van der Waals surface area contributed by atoms with Gasteiger partial charge in [-0.2, -0.15) is 0 Å². The van der Waals surface area contributed by atoms with Crippen molar-refractivity contribution in [3.8, 4) is 0 Å². The molecule has 0 bridgehead atoms. The second-order valence-electron chi connectivity index (χ2n) is 9.11. The molecule has 1 saturated heterocycles. The standard InChI is InChI=1S/C26H36N4O3/c1-29(24-12-5-10-21-11-6-14-28-25(21)24)17-22-16-23(32-15-7-13-27)18-30(22)26(31)33-19-20-8-3-2-4-9-20/h2-4,6,8-9,11,14,22-24H,5,7,10,12-13,15-19,27H2,1H3/t22-,23+,24-/m0/s1. The van der Waals surface area contributed by atoms with Crippen molar-refractivity contribution in [3.63, 3.8) is 0 Å². The molecule has 33 heavy (non-hydrogen) atoms. The van der Waals surface area contributed by atoms with Crippen molar-refractivity contribution < 1.29 is 14.3 Å². The van der Waals surface area contributed by atoms with Gasteiger partial charge in [0, 0.05) is 19.3 Å². The predicted octanol–water partition coefficient (Wildman–Crippen LogP) is 3.54. The van der Waals surface area contributed by atoms with Gasteiger partial charge in [0.25, 0.3) is 0 Å². The second kappa shape index (κ2) is 11.6. The molecule has 1 aromatic heterocycles. The zero-order chi connectivity index (χ0) is 23.0. The maximum atomic E-state index is 13.1. The quantitative estimate of drug-likeness (QED) is 0.586. The van der Waals surface area contributed by atoms with Gasteiger partial charge in [0.2, 0.25) is 0 Å². The second-order valence-corrected chi connectivity index (χ2v) is 9.11. The normalized spacial score (nSPS) is 22.4. The minimum atomic E-state index is -0.274. The van der Waals surface area contributed by atoms with Gasteiger partial charge in [0.05, 0.1) is 30.4 Å². The van der Waals surface area contributed by atoms with E-state index in [1.165, 1.54) is 11.3 Å². The Morgan fingerprint density at radius 2 is 2.09 bits per heavy atom. The fourth-order valence-electron chi connectivity index (χ4n) is 5.00. The molecule has 0 saturated carbocycles. The van der Waals surface area contributed by atoms with Crippen LogP contribution in [-0.2, 0) is 22.5 Å². The molecular formula is C26H36N4O3. The predicted molar refractivity (Wildman–Crippen MR) is 128 cm³/mol. The van der Waals surface area contributed by atoms with Gasteiger partial charge >= 0.3 is 6.09 Å². The summed E-state index contributed by atoms with van der Waals surface area (Å²) in [7, 11) is 2.14. The van der Waals surface area contributed by atoms with Crippen LogP contribution in [0.4, 0.5) is 4.79 Å². The molecule has 0 unspecified atom stereocenters. The number of carbonyl (C=O) groups is 1. The lowest BCUT2D eigenvalue weighted by Crippen LogP contribution is -2.44. The molecule has 2 heterocycles. The number of aryl methyl sites for hydroxylation is 1. The molecule has 7 nitrogen and oxygen atoms in total. The Bertz CT molecular complexity index is 894. The Kier molecular flexibility index (Phi) is 8.31. The molecule has 1 aromatic carbocycles. The van der Waals surface area contributed by atoms with E-state index in [1.807, 2.05) is 47.5 Å². The summed E-state index contributed by atoms with van der Waals surface area (Å²) in [5.74, 6) is 0. The molecule has 1 aliphatic carbocycles. The average molecular weight is 453 g/mol. The molecule has 2 aliphatic rings. The van der Waals surface area contributed by atoms with Crippen molar-refractivity contribution in [2.75, 3.05) is 33.3 Å². The number of benzene rings is 1. The number of hydrogen-bond donors (Lipinski definition) is 1. The minimum Gasteiger partial charge on any atom is -0.445 e. The third-order valence-corrected chi connectivity index (χ3v) is 6.71. The summed E-state index contributed by atoms with van der Waals surface area (Å²) in [6, 6.07) is 14.3. The lowest BCUT2D eigenvalue weighted by atomic mass is 9.91. The number of nitrogens with two attached hydrogens (primary N) is 1. The summed E-state index contributed by atoms with van der Waals surface area (Å²) < 4.78 is 11.7. The fraction of sp³-hybridized carbons (Fsp3) is 0.538. The van der Waals surface area contributed by atoms with Crippen molar-refractivity contribution in [3.05, 3.63) is 65.5 Å². The van der Waals surface area contributed by atoms with E-state index >= 15 is 0 Å². The van der Waals surface area contributed by atoms with E-state index in [1.54, 1.807) is 0 Å². The Morgan fingerprint density at radius 3 is 2.91 bits per heavy atom. The first-order chi connectivity index (χ1) is 16.2. The van der Waals surface area contributed by atoms with E-state index < -0.39 is 0 Å². The largest absolute Gasteiger partial charge is 0.445 e. The van der Waals surface area contributed by atoms with Crippen molar-refractivity contribution in [1.29, 1.82) is 0 Å². The molecule has 3 atom stereocenters. The van der Waals surface area contributed by atoms with Gasteiger partial charge < -0.3 is 20.1 Å². The highest BCUT2D eigenvalue weighted by molar-refractivity contribution is 5.68. The van der Waals surface area contributed by atoms with Gasteiger partial charge in [0.1, 0.15) is 6.61 Å². The number of rotatable bonds is 9. The number of pyridine rings is 1. The van der Waals surface area contributed by atoms with E-state index in [0.717, 1.165) is 44.2 Å². The van der Waals surface area contributed by atoms with E-state index in [-0.39, 0.29) is 30.9 Å². The minimum absolute atomic E-state index is 0.0102. The Hall–Kier alpha value is -2.48. The molecule has 1 aliphatic heterocycles. The van der Waals surface area contributed by atoms with Gasteiger partial charge in [-0.25, -0.2) is 4.79 Å². The van der Waals surface area contributed by atoms with Crippen molar-refractivity contribution in [2.45, 2.75) is 56.9 Å². The molecule has 4 rings (SSSR count). The van der Waals surface area contributed by atoms with Crippen LogP contribution < -0.4 is 5.73 Å². The first-order valence-electron chi connectivity index (χ1n) is 12.1. The number of fused-ring (bicyclic) bond motifs is 1. The van der Waals surface area contributed by atoms with Crippen molar-refractivity contribution in [1.82, 2.24) is 14.8 Å². The van der Waals surface area contributed by atoms with E-state index in [2.05, 4.69) is 18.0 Å². The molecule has 1 fully saturated rings. The molecular weight excluding hydrogens is 416 g/mol. The summed E-state index contributed by atoms with van der Waals surface area (Å²) in [5, 5.41) is 0. The fourth-order valence-corrected chi connectivity index (χ4v) is 5.00. The molecule has 178 valence electrons. The van der Waals surface area contributed by atoms with Crippen LogP contribution in [0.5, 0.6) is 0 Å². The van der Waals surface area contributed by atoms with Gasteiger partial charge in [-0.15, -0.1) is 0 Å². The number of aromatic nitrogens is 1. The van der Waals surface area contributed by atoms with Crippen LogP contribution in [0.3, 0.4) is 0 Å². The zero-order valence-corrected chi connectivity index (χ0v) is 19.6. The van der Waals surface area contributed by atoms with Crippen LogP contribution in [0.2, 0.25) is 0 Å². The smallest absolute Gasteiger partial charge is 0.410 e. The van der Waals surface area contributed by atoms with Crippen LogP contribution in [-0.4, -0.2) is 66.3 Å². The van der Waals surface area contributed by atoms with Gasteiger partial charge in [0.15, 0.2) is 0 Å². The van der Waals surface area contributed by atoms with Crippen LogP contribution in [0.1, 0.15) is 48.5 Å². The third-order valence-electron chi connectivity index (χ3n) is 6.71. The lowest BCUT2D eigenvalue weighted by Gasteiger charge is -2.35. The molecule has 7 heteroatoms. The van der Waals surface area contributed by atoms with E-state index in [0.29, 0.717) is 19.7 Å². The summed E-state index contributed by atoms with van der Waals surface area (Å²) in [6.45, 7) is 2.82. The number of carbonyl (C=O) groups excluding carboxylic acids is 1. The topological polar surface area (TPSA) is 80.9 Å². The molecule has 1 amide bonds. The highest BCUT2D eigenvalue weighted by atomic mass is 16.6. The molecule has 0 spiro atoms.